The van der Waals surface area contributed by atoms with Crippen LogP contribution in [0.1, 0.15) is 97.3 Å². The fourth-order valence-electron chi connectivity index (χ4n) is 10.9. The molecular weight excluding hydrogens is 1140 g/mol. The summed E-state index contributed by atoms with van der Waals surface area (Å²) in [6.07, 6.45) is -31.9. The molecule has 32 heteroatoms. The van der Waals surface area contributed by atoms with E-state index in [1.165, 1.54) is 51.0 Å². The molecular formula is C53H95N3O29. The zero-order valence-electron chi connectivity index (χ0n) is 47.8. The van der Waals surface area contributed by atoms with Crippen molar-refractivity contribution in [2.75, 3.05) is 39.6 Å². The maximum Gasteiger partial charge on any atom is 0.364 e. The van der Waals surface area contributed by atoms with Crippen molar-refractivity contribution in [2.24, 2.45) is 11.5 Å². The predicted octanol–water partition coefficient (Wildman–Crippen LogP) is -7.64. The molecule has 0 saturated carbocycles. The van der Waals surface area contributed by atoms with Gasteiger partial charge >= 0.3 is 5.97 Å². The van der Waals surface area contributed by atoms with E-state index in [0.717, 1.165) is 32.6 Å². The Kier molecular flexibility index (Phi) is 30.4. The molecule has 32 nitrogen and oxygen atoms in total. The average Bonchev–Trinajstić information content (AvgIpc) is 1.26. The van der Waals surface area contributed by atoms with E-state index in [1.54, 1.807) is 6.08 Å². The summed E-state index contributed by atoms with van der Waals surface area (Å²) in [6.45, 7) is -2.59. The minimum absolute atomic E-state index is 0.443. The minimum atomic E-state index is -3.27. The largest absolute Gasteiger partial charge is 0.477 e. The monoisotopic (exact) mass is 1240 g/mol. The van der Waals surface area contributed by atoms with Crippen LogP contribution in [0.25, 0.3) is 0 Å². The molecule has 28 atom stereocenters. The number of unbranched alkanes of at least 4 members (excludes halogenated alkanes) is 11. The van der Waals surface area contributed by atoms with E-state index in [4.69, 9.17) is 58.8 Å². The van der Waals surface area contributed by atoms with Crippen LogP contribution in [-0.2, 0) is 57.0 Å². The first-order chi connectivity index (χ1) is 40.4. The van der Waals surface area contributed by atoms with Crippen LogP contribution in [0.5, 0.6) is 0 Å². The molecule has 0 spiro atoms. The fourth-order valence-corrected chi connectivity index (χ4v) is 10.9. The van der Waals surface area contributed by atoms with Gasteiger partial charge in [-0.15, -0.1) is 0 Å². The molecule has 22 N–H and O–H groups in total. The van der Waals surface area contributed by atoms with Gasteiger partial charge < -0.3 is 151 Å². The second-order valence-corrected chi connectivity index (χ2v) is 22.4. The summed E-state index contributed by atoms with van der Waals surface area (Å²) in [5, 5.41) is 187. The fraction of sp³-hybridized carbons (Fsp3) is 0.925. The number of aliphatic carboxylic acids is 1. The Balaban J connectivity index is 1.39. The molecule has 0 aromatic rings. The van der Waals surface area contributed by atoms with Gasteiger partial charge in [-0.05, 0) is 12.8 Å². The first-order valence-electron chi connectivity index (χ1n) is 29.2. The number of amides is 1. The van der Waals surface area contributed by atoms with Gasteiger partial charge in [-0.25, -0.2) is 4.79 Å². The molecule has 5 aliphatic heterocycles. The zero-order chi connectivity index (χ0) is 62.9. The number of carboxylic acids is 1. The van der Waals surface area contributed by atoms with Crippen LogP contribution in [0.2, 0.25) is 0 Å². The SMILES string of the molecule is CCCCCCCCCCCCC/C=C/C(O)C(N)CO[C@@H]1O[C@H](CO)[C@@H](O[C@@H]2O[C@H](CO)[C@H](O[C@@H]3O[C@H](CO)[C@H](O)[C@H](O[C@@H]4O[C@H](CO)[C@H](O)[C@H](O)[C@H]4O)[C@H]3NC(C)=O)[C@H](O[C@]3(C(=O)O)C[C@@H](O)[C@H](N)[C@@H](C(O)C(O)CO)O3)[C@H]2O)[C@H](O)[C@H]1O. The van der Waals surface area contributed by atoms with Crippen LogP contribution in [0, 0.1) is 0 Å². The highest BCUT2D eigenvalue weighted by atomic mass is 16.8. The zero-order valence-corrected chi connectivity index (χ0v) is 47.8. The third-order valence-electron chi connectivity index (χ3n) is 16.0. The number of allylic oxidation sites excluding steroid dienone is 1. The van der Waals surface area contributed by atoms with E-state index in [-0.39, 0.29) is 0 Å². The number of ether oxygens (including phenoxy) is 10. The van der Waals surface area contributed by atoms with Crippen molar-refractivity contribution >= 4 is 11.9 Å². The number of rotatable bonds is 34. The van der Waals surface area contributed by atoms with Crippen LogP contribution in [-0.4, -0.2) is 309 Å². The predicted molar refractivity (Wildman–Crippen MR) is 285 cm³/mol. The van der Waals surface area contributed by atoms with Gasteiger partial charge in [0.05, 0.1) is 63.9 Å². The molecule has 0 bridgehead atoms. The van der Waals surface area contributed by atoms with Gasteiger partial charge in [0.25, 0.3) is 5.79 Å². The molecule has 5 aliphatic rings. The second kappa shape index (κ2) is 35.2. The number of hydrogen-bond acceptors (Lipinski definition) is 30. The molecule has 0 aromatic carbocycles. The highest BCUT2D eigenvalue weighted by Crippen LogP contribution is 2.40. The number of carbonyl (C=O) groups excluding carboxylic acids is 1. The van der Waals surface area contributed by atoms with E-state index < -0.39 is 229 Å². The molecule has 0 aromatic heterocycles. The molecule has 85 heavy (non-hydrogen) atoms. The molecule has 4 unspecified atom stereocenters. The Bertz CT molecular complexity index is 1970. The van der Waals surface area contributed by atoms with Gasteiger partial charge in [-0.3, -0.25) is 4.79 Å². The summed E-state index contributed by atoms with van der Waals surface area (Å²) in [4.78, 5) is 26.4. The highest BCUT2D eigenvalue weighted by Gasteiger charge is 2.61. The first-order valence-corrected chi connectivity index (χ1v) is 29.2. The Labute approximate surface area is 491 Å². The molecule has 0 radical (unpaired) electrons. The average molecular weight is 1240 g/mol. The summed E-state index contributed by atoms with van der Waals surface area (Å²) in [6, 6.07) is -4.62. The minimum Gasteiger partial charge on any atom is -0.477 e. The summed E-state index contributed by atoms with van der Waals surface area (Å²) in [5.41, 5.74) is 12.3. The summed E-state index contributed by atoms with van der Waals surface area (Å²) < 4.78 is 58.7. The Morgan fingerprint density at radius 1 is 0.624 bits per heavy atom. The molecule has 5 saturated heterocycles. The van der Waals surface area contributed by atoms with Crippen LogP contribution >= 0.6 is 0 Å². The summed E-state index contributed by atoms with van der Waals surface area (Å²) in [7, 11) is 0. The van der Waals surface area contributed by atoms with E-state index >= 15 is 0 Å². The van der Waals surface area contributed by atoms with Gasteiger partial charge in [0.2, 0.25) is 5.91 Å². The van der Waals surface area contributed by atoms with E-state index in [9.17, 15) is 96.4 Å². The molecule has 5 heterocycles. The standard InChI is InChI=1S/C53H95N3O29/c1-3-4-5-6-7-8-9-10-11-12-13-14-15-16-26(63)25(54)23-76-49-41(72)39(70)43(31(21-60)79-49)81-51-42(73)47(85-53(52(74)75)17-27(64)33(55)45(84-53)35(66)28(65)18-57)44(32(22-61)80-51)82-48-34(56-24(2)62)46(37(68)30(20-59)77-48)83-50-40(71)38(69)36(67)29(19-58)78-50/h15-16,25-51,57-61,63-73H,3-14,17-23,54-55H2,1-2H3,(H,56,62)(H,74,75)/b16-15+/t25?,26?,27-,28?,29-,30-,31-,32-,33+,34-,35?,36+,37+,38+,39-,40-,41-,42-,43-,44+,45+,46-,47-,48+,49-,50+,51+,53+/m1/s1. The first kappa shape index (κ1) is 73.3. The van der Waals surface area contributed by atoms with E-state index in [0.29, 0.717) is 6.42 Å². The highest BCUT2D eigenvalue weighted by molar-refractivity contribution is 5.76. The molecule has 1 amide bonds. The molecule has 5 fully saturated rings. The molecule has 5 rings (SSSR count). The van der Waals surface area contributed by atoms with Gasteiger partial charge in [0, 0.05) is 13.3 Å². The van der Waals surface area contributed by atoms with Crippen LogP contribution in [0.15, 0.2) is 12.2 Å². The van der Waals surface area contributed by atoms with Crippen LogP contribution in [0.4, 0.5) is 0 Å². The number of nitrogens with one attached hydrogen (secondary N) is 1. The van der Waals surface area contributed by atoms with Gasteiger partial charge in [-0.1, -0.05) is 83.3 Å². The maximum atomic E-state index is 13.5. The number of aliphatic hydroxyl groups is 16. The summed E-state index contributed by atoms with van der Waals surface area (Å²) >= 11 is 0. The molecule has 0 aliphatic carbocycles. The lowest BCUT2D eigenvalue weighted by atomic mass is 9.88. The van der Waals surface area contributed by atoms with Crippen molar-refractivity contribution in [2.45, 2.75) is 268 Å². The molecule has 496 valence electrons. The van der Waals surface area contributed by atoms with Crippen LogP contribution < -0.4 is 16.8 Å². The topological polar surface area (TPSA) is 534 Å². The van der Waals surface area contributed by atoms with E-state index in [1.807, 2.05) is 0 Å². The van der Waals surface area contributed by atoms with Crippen molar-refractivity contribution in [1.82, 2.24) is 5.32 Å². The van der Waals surface area contributed by atoms with Crippen molar-refractivity contribution in [3.63, 3.8) is 0 Å². The van der Waals surface area contributed by atoms with Crippen LogP contribution in [0.3, 0.4) is 0 Å². The quantitative estimate of drug-likeness (QED) is 0.0210. The maximum absolute atomic E-state index is 13.5. The van der Waals surface area contributed by atoms with Crippen molar-refractivity contribution in [3.8, 4) is 0 Å². The number of hydrogen-bond donors (Lipinski definition) is 20. The number of nitrogens with two attached hydrogens (primary N) is 2. The summed E-state index contributed by atoms with van der Waals surface area (Å²) in [5.74, 6) is -6.27. The lowest BCUT2D eigenvalue weighted by Crippen LogP contribution is -2.72. The van der Waals surface area contributed by atoms with Gasteiger partial charge in [0.15, 0.2) is 25.2 Å². The van der Waals surface area contributed by atoms with E-state index in [2.05, 4.69) is 12.2 Å². The Morgan fingerprint density at radius 2 is 1.13 bits per heavy atom. The number of carboxylic acid groups (broad SMARTS) is 1. The number of carbonyl (C=O) groups is 2. The number of aliphatic hydroxyl groups excluding tert-OH is 16. The van der Waals surface area contributed by atoms with Crippen molar-refractivity contribution in [3.05, 3.63) is 12.2 Å². The Morgan fingerprint density at radius 3 is 1.71 bits per heavy atom. The Hall–Kier alpha value is -2.44. The lowest BCUT2D eigenvalue weighted by Gasteiger charge is -2.52. The van der Waals surface area contributed by atoms with Gasteiger partial charge in [-0.2, -0.15) is 0 Å². The normalized spacial score (nSPS) is 40.6. The van der Waals surface area contributed by atoms with Crippen molar-refractivity contribution < 1.29 is 144 Å². The van der Waals surface area contributed by atoms with Gasteiger partial charge in [0.1, 0.15) is 116 Å². The smallest absolute Gasteiger partial charge is 0.364 e. The third-order valence-corrected chi connectivity index (χ3v) is 16.0. The van der Waals surface area contributed by atoms with Crippen molar-refractivity contribution in [1.29, 1.82) is 0 Å². The second-order valence-electron chi connectivity index (χ2n) is 22.4. The lowest BCUT2D eigenvalue weighted by molar-refractivity contribution is -0.403. The third kappa shape index (κ3) is 19.1.